The Morgan fingerprint density at radius 3 is 2.42 bits per heavy atom. The summed E-state index contributed by atoms with van der Waals surface area (Å²) < 4.78 is 0. The van der Waals surface area contributed by atoms with Crippen molar-refractivity contribution in [3.05, 3.63) is 35.0 Å². The van der Waals surface area contributed by atoms with Crippen molar-refractivity contribution < 1.29 is 9.59 Å². The lowest BCUT2D eigenvalue weighted by molar-refractivity contribution is -0.133. The molecule has 2 aromatic rings. The predicted molar refractivity (Wildman–Crippen MR) is 73.1 cm³/mol. The minimum Gasteiger partial charge on any atom is -0.302 e. The van der Waals surface area contributed by atoms with E-state index in [1.54, 1.807) is 30.5 Å². The molecule has 0 unspecified atom stereocenters. The van der Waals surface area contributed by atoms with Gasteiger partial charge in [0, 0.05) is 11.1 Å². The molecule has 0 saturated carbocycles. The number of hydrogen-bond donors (Lipinski definition) is 2. The van der Waals surface area contributed by atoms with Crippen LogP contribution in [0.4, 0.5) is 10.9 Å². The molecule has 0 bridgehead atoms. The van der Waals surface area contributed by atoms with Crippen LogP contribution in [-0.4, -0.2) is 21.8 Å². The van der Waals surface area contributed by atoms with E-state index in [0.29, 0.717) is 10.9 Å². The van der Waals surface area contributed by atoms with Crippen LogP contribution in [0.1, 0.15) is 11.4 Å². The molecule has 2 rings (SSSR count). The topological polar surface area (TPSA) is 84.0 Å². The first-order valence-electron chi connectivity index (χ1n) is 5.53. The SMILES string of the molecule is Cc1cccc(NC(=O)C(=O)Nc2nc(C)cs2)n1. The van der Waals surface area contributed by atoms with Crippen LogP contribution in [0, 0.1) is 13.8 Å². The average Bonchev–Trinajstić information content (AvgIpc) is 2.74. The summed E-state index contributed by atoms with van der Waals surface area (Å²) in [6, 6.07) is 5.17. The van der Waals surface area contributed by atoms with Gasteiger partial charge < -0.3 is 5.32 Å². The summed E-state index contributed by atoms with van der Waals surface area (Å²) in [6.45, 7) is 3.61. The Balaban J connectivity index is 1.98. The zero-order chi connectivity index (χ0) is 13.8. The second-order valence-electron chi connectivity index (χ2n) is 3.87. The zero-order valence-corrected chi connectivity index (χ0v) is 11.2. The van der Waals surface area contributed by atoms with Crippen molar-refractivity contribution in [1.29, 1.82) is 0 Å². The fourth-order valence-electron chi connectivity index (χ4n) is 1.35. The van der Waals surface area contributed by atoms with Crippen LogP contribution in [0.2, 0.25) is 0 Å². The number of carbonyl (C=O) groups is 2. The molecule has 0 aliphatic heterocycles. The van der Waals surface area contributed by atoms with Gasteiger partial charge in [-0.25, -0.2) is 9.97 Å². The number of anilines is 2. The monoisotopic (exact) mass is 276 g/mol. The van der Waals surface area contributed by atoms with E-state index >= 15 is 0 Å². The summed E-state index contributed by atoms with van der Waals surface area (Å²) >= 11 is 1.27. The van der Waals surface area contributed by atoms with Crippen molar-refractivity contribution in [3.8, 4) is 0 Å². The number of hydrogen-bond acceptors (Lipinski definition) is 5. The molecule has 2 N–H and O–H groups in total. The Morgan fingerprint density at radius 2 is 1.79 bits per heavy atom. The third-order valence-electron chi connectivity index (χ3n) is 2.18. The highest BCUT2D eigenvalue weighted by molar-refractivity contribution is 7.14. The van der Waals surface area contributed by atoms with Gasteiger partial charge in [-0.3, -0.25) is 14.9 Å². The Bertz CT molecular complexity index is 624. The molecule has 2 amide bonds. The quantitative estimate of drug-likeness (QED) is 0.818. The third-order valence-corrected chi connectivity index (χ3v) is 3.05. The molecule has 6 nitrogen and oxygen atoms in total. The van der Waals surface area contributed by atoms with Gasteiger partial charge in [0.15, 0.2) is 5.13 Å². The lowest BCUT2D eigenvalue weighted by atomic mass is 10.3. The largest absolute Gasteiger partial charge is 0.315 e. The van der Waals surface area contributed by atoms with Crippen LogP contribution in [0.15, 0.2) is 23.6 Å². The molecule has 0 aromatic carbocycles. The molecule has 7 heteroatoms. The number of carbonyl (C=O) groups excluding carboxylic acids is 2. The minimum absolute atomic E-state index is 0.343. The molecule has 0 aliphatic rings. The molecule has 2 heterocycles. The van der Waals surface area contributed by atoms with Crippen molar-refractivity contribution in [2.24, 2.45) is 0 Å². The number of aryl methyl sites for hydroxylation is 2. The number of aromatic nitrogens is 2. The molecule has 0 radical (unpaired) electrons. The Hall–Kier alpha value is -2.28. The van der Waals surface area contributed by atoms with E-state index < -0.39 is 11.8 Å². The summed E-state index contributed by atoms with van der Waals surface area (Å²) in [5.41, 5.74) is 1.55. The second kappa shape index (κ2) is 5.57. The molecular formula is C12H12N4O2S. The zero-order valence-electron chi connectivity index (χ0n) is 10.4. The Labute approximate surface area is 113 Å². The van der Waals surface area contributed by atoms with Crippen LogP contribution in [0.25, 0.3) is 0 Å². The van der Waals surface area contributed by atoms with Gasteiger partial charge in [0.1, 0.15) is 5.82 Å². The summed E-state index contributed by atoms with van der Waals surface area (Å²) in [5.74, 6) is -1.20. The van der Waals surface area contributed by atoms with Crippen LogP contribution >= 0.6 is 11.3 Å². The number of nitrogens with one attached hydrogen (secondary N) is 2. The van der Waals surface area contributed by atoms with E-state index in [0.717, 1.165) is 11.4 Å². The van der Waals surface area contributed by atoms with E-state index in [2.05, 4.69) is 20.6 Å². The maximum absolute atomic E-state index is 11.6. The van der Waals surface area contributed by atoms with Crippen LogP contribution in [-0.2, 0) is 9.59 Å². The van der Waals surface area contributed by atoms with Gasteiger partial charge in [0.05, 0.1) is 5.69 Å². The maximum Gasteiger partial charge on any atom is 0.315 e. The van der Waals surface area contributed by atoms with Gasteiger partial charge in [-0.15, -0.1) is 11.3 Å². The predicted octanol–water partition coefficient (Wildman–Crippen LogP) is 1.73. The minimum atomic E-state index is -0.772. The smallest absolute Gasteiger partial charge is 0.302 e. The standard InChI is InChI=1S/C12H12N4O2S/c1-7-4-3-5-9(13-7)15-10(17)11(18)16-12-14-8(2)6-19-12/h3-6H,1-2H3,(H,13,15,17)(H,14,16,18). The van der Waals surface area contributed by atoms with Crippen molar-refractivity contribution in [1.82, 2.24) is 9.97 Å². The number of amides is 2. The van der Waals surface area contributed by atoms with E-state index in [-0.39, 0.29) is 0 Å². The first-order chi connectivity index (χ1) is 9.04. The number of thiazole rings is 1. The first-order valence-corrected chi connectivity index (χ1v) is 6.40. The van der Waals surface area contributed by atoms with Crippen molar-refractivity contribution in [2.45, 2.75) is 13.8 Å². The molecule has 0 saturated heterocycles. The normalized spacial score (nSPS) is 10.0. The third kappa shape index (κ3) is 3.59. The first kappa shape index (κ1) is 13.2. The molecular weight excluding hydrogens is 264 g/mol. The lowest BCUT2D eigenvalue weighted by Crippen LogP contribution is -2.29. The van der Waals surface area contributed by atoms with Crippen molar-refractivity contribution >= 4 is 34.1 Å². The van der Waals surface area contributed by atoms with Gasteiger partial charge >= 0.3 is 11.8 Å². The maximum atomic E-state index is 11.6. The second-order valence-corrected chi connectivity index (χ2v) is 4.72. The molecule has 19 heavy (non-hydrogen) atoms. The average molecular weight is 276 g/mol. The fraction of sp³-hybridized carbons (Fsp3) is 0.167. The lowest BCUT2D eigenvalue weighted by Gasteiger charge is -2.04. The van der Waals surface area contributed by atoms with E-state index in [1.807, 2.05) is 6.92 Å². The van der Waals surface area contributed by atoms with Crippen LogP contribution in [0.3, 0.4) is 0 Å². The van der Waals surface area contributed by atoms with Crippen LogP contribution < -0.4 is 10.6 Å². The van der Waals surface area contributed by atoms with E-state index in [9.17, 15) is 9.59 Å². The molecule has 0 aliphatic carbocycles. The van der Waals surface area contributed by atoms with Crippen LogP contribution in [0.5, 0.6) is 0 Å². The molecule has 2 aromatic heterocycles. The highest BCUT2D eigenvalue weighted by Gasteiger charge is 2.15. The van der Waals surface area contributed by atoms with Crippen molar-refractivity contribution in [3.63, 3.8) is 0 Å². The number of pyridine rings is 1. The molecule has 0 atom stereocenters. The Kier molecular flexibility index (Phi) is 3.86. The van der Waals surface area contributed by atoms with Gasteiger partial charge in [-0.1, -0.05) is 6.07 Å². The summed E-state index contributed by atoms with van der Waals surface area (Å²) in [4.78, 5) is 31.4. The van der Waals surface area contributed by atoms with Crippen molar-refractivity contribution in [2.75, 3.05) is 10.6 Å². The van der Waals surface area contributed by atoms with Gasteiger partial charge in [0.2, 0.25) is 0 Å². The summed E-state index contributed by atoms with van der Waals surface area (Å²) in [5, 5.41) is 7.04. The van der Waals surface area contributed by atoms with E-state index in [1.165, 1.54) is 11.3 Å². The van der Waals surface area contributed by atoms with Gasteiger partial charge in [-0.05, 0) is 26.0 Å². The van der Waals surface area contributed by atoms with E-state index in [4.69, 9.17) is 0 Å². The number of rotatable bonds is 2. The van der Waals surface area contributed by atoms with Gasteiger partial charge in [-0.2, -0.15) is 0 Å². The molecule has 0 fully saturated rings. The highest BCUT2D eigenvalue weighted by Crippen LogP contribution is 2.14. The fourth-order valence-corrected chi connectivity index (χ4v) is 2.03. The van der Waals surface area contributed by atoms with Gasteiger partial charge in [0.25, 0.3) is 0 Å². The highest BCUT2D eigenvalue weighted by atomic mass is 32.1. The molecule has 98 valence electrons. The Morgan fingerprint density at radius 1 is 1.05 bits per heavy atom. The summed E-state index contributed by atoms with van der Waals surface area (Å²) in [6.07, 6.45) is 0. The molecule has 0 spiro atoms. The number of nitrogens with zero attached hydrogens (tertiary/aromatic N) is 2. The summed E-state index contributed by atoms with van der Waals surface area (Å²) in [7, 11) is 0.